The Labute approximate surface area is 168 Å². The second-order valence-corrected chi connectivity index (χ2v) is 8.17. The Balaban J connectivity index is 1.50. The van der Waals surface area contributed by atoms with Gasteiger partial charge in [-0.15, -0.1) is 0 Å². The average molecular weight is 395 g/mol. The van der Waals surface area contributed by atoms with Gasteiger partial charge in [0.1, 0.15) is 0 Å². The van der Waals surface area contributed by atoms with E-state index in [9.17, 15) is 0 Å². The van der Waals surface area contributed by atoms with Gasteiger partial charge in [0.2, 0.25) is 0 Å². The van der Waals surface area contributed by atoms with E-state index in [4.69, 9.17) is 23.8 Å². The first kappa shape index (κ1) is 19.9. The minimum atomic E-state index is 0.556. The zero-order chi connectivity index (χ0) is 18.4. The van der Waals surface area contributed by atoms with Crippen molar-refractivity contribution in [3.63, 3.8) is 0 Å². The standard InChI is InChI=1S/C20H31ClN4S/c1-2-23-13-15-24(16-14-23)12-10-19-5-3-4-11-25(19)20(26)22-18-8-6-17(21)7-9-18/h6-9,19H,2-5,10-16H2,1H3,(H,22,26). The number of piperazine rings is 1. The molecule has 2 aliphatic heterocycles. The summed E-state index contributed by atoms with van der Waals surface area (Å²) in [6.45, 7) is 10.5. The van der Waals surface area contributed by atoms with Crippen molar-refractivity contribution in [3.05, 3.63) is 29.3 Å². The number of halogens is 1. The molecular formula is C20H31ClN4S. The molecule has 0 amide bonds. The minimum absolute atomic E-state index is 0.556. The van der Waals surface area contributed by atoms with Gasteiger partial charge in [0.05, 0.1) is 0 Å². The Hall–Kier alpha value is -0.880. The van der Waals surface area contributed by atoms with E-state index in [-0.39, 0.29) is 0 Å². The molecule has 1 unspecified atom stereocenters. The maximum absolute atomic E-state index is 5.97. The van der Waals surface area contributed by atoms with Crippen LogP contribution in [-0.2, 0) is 0 Å². The van der Waals surface area contributed by atoms with Crippen molar-refractivity contribution in [2.24, 2.45) is 0 Å². The van der Waals surface area contributed by atoms with Crippen molar-refractivity contribution in [2.45, 2.75) is 38.6 Å². The Bertz CT molecular complexity index is 572. The number of nitrogens with one attached hydrogen (secondary N) is 1. The largest absolute Gasteiger partial charge is 0.346 e. The van der Waals surface area contributed by atoms with Crippen molar-refractivity contribution < 1.29 is 0 Å². The molecule has 0 saturated carbocycles. The number of hydrogen-bond acceptors (Lipinski definition) is 3. The first-order chi connectivity index (χ1) is 12.7. The number of nitrogens with zero attached hydrogens (tertiary/aromatic N) is 3. The smallest absolute Gasteiger partial charge is 0.173 e. The number of rotatable bonds is 5. The maximum atomic E-state index is 5.97. The summed E-state index contributed by atoms with van der Waals surface area (Å²) in [5, 5.41) is 5.00. The van der Waals surface area contributed by atoms with Crippen molar-refractivity contribution in [1.82, 2.24) is 14.7 Å². The lowest BCUT2D eigenvalue weighted by molar-refractivity contribution is 0.122. The van der Waals surface area contributed by atoms with Crippen molar-refractivity contribution >= 4 is 34.6 Å². The zero-order valence-electron chi connectivity index (χ0n) is 15.8. The molecule has 1 aromatic carbocycles. The van der Waals surface area contributed by atoms with Gasteiger partial charge in [0.15, 0.2) is 5.11 Å². The van der Waals surface area contributed by atoms with Crippen molar-refractivity contribution in [1.29, 1.82) is 0 Å². The van der Waals surface area contributed by atoms with E-state index in [0.29, 0.717) is 6.04 Å². The van der Waals surface area contributed by atoms with E-state index >= 15 is 0 Å². The van der Waals surface area contributed by atoms with Gasteiger partial charge in [-0.2, -0.15) is 0 Å². The van der Waals surface area contributed by atoms with Gasteiger partial charge in [-0.3, -0.25) is 0 Å². The summed E-state index contributed by atoms with van der Waals surface area (Å²) >= 11 is 11.7. The van der Waals surface area contributed by atoms with Gasteiger partial charge in [-0.25, -0.2) is 0 Å². The molecule has 0 bridgehead atoms. The summed E-state index contributed by atoms with van der Waals surface area (Å²) in [6, 6.07) is 8.33. The van der Waals surface area contributed by atoms with Crippen LogP contribution in [0.3, 0.4) is 0 Å². The lowest BCUT2D eigenvalue weighted by Crippen LogP contribution is -2.49. The van der Waals surface area contributed by atoms with Gasteiger partial charge in [-0.1, -0.05) is 18.5 Å². The summed E-state index contributed by atoms with van der Waals surface area (Å²) < 4.78 is 0. The summed E-state index contributed by atoms with van der Waals surface area (Å²) in [6.07, 6.45) is 4.99. The van der Waals surface area contributed by atoms with Gasteiger partial charge in [-0.05, 0) is 68.7 Å². The molecule has 0 spiro atoms. The SMILES string of the molecule is CCN1CCN(CCC2CCCCN2C(=S)Nc2ccc(Cl)cc2)CC1. The van der Waals surface area contributed by atoms with Crippen molar-refractivity contribution in [3.8, 4) is 0 Å². The van der Waals surface area contributed by atoms with E-state index in [1.54, 1.807) is 0 Å². The Morgan fingerprint density at radius 2 is 1.77 bits per heavy atom. The number of likely N-dealkylation sites (N-methyl/N-ethyl adjacent to an activating group) is 1. The van der Waals surface area contributed by atoms with E-state index in [1.165, 1.54) is 65.0 Å². The molecule has 0 aromatic heterocycles. The summed E-state index contributed by atoms with van der Waals surface area (Å²) in [5.74, 6) is 0. The number of hydrogen-bond donors (Lipinski definition) is 1. The molecular weight excluding hydrogens is 364 g/mol. The Morgan fingerprint density at radius 1 is 1.08 bits per heavy atom. The molecule has 0 radical (unpaired) electrons. The van der Waals surface area contributed by atoms with Crippen LogP contribution >= 0.6 is 23.8 Å². The lowest BCUT2D eigenvalue weighted by Gasteiger charge is -2.40. The van der Waals surface area contributed by atoms with Gasteiger partial charge in [0.25, 0.3) is 0 Å². The van der Waals surface area contributed by atoms with Crippen LogP contribution in [0.2, 0.25) is 5.02 Å². The highest BCUT2D eigenvalue weighted by Gasteiger charge is 2.25. The predicted molar refractivity (Wildman–Crippen MR) is 115 cm³/mol. The number of thiocarbonyl (C=S) groups is 1. The summed E-state index contributed by atoms with van der Waals surface area (Å²) in [5.41, 5.74) is 1.01. The third-order valence-electron chi connectivity index (χ3n) is 5.67. The molecule has 1 N–H and O–H groups in total. The molecule has 2 heterocycles. The van der Waals surface area contributed by atoms with Gasteiger partial charge in [0, 0.05) is 56.0 Å². The highest BCUT2D eigenvalue weighted by Crippen LogP contribution is 2.22. The van der Waals surface area contributed by atoms with Crippen molar-refractivity contribution in [2.75, 3.05) is 51.1 Å². The zero-order valence-corrected chi connectivity index (χ0v) is 17.4. The van der Waals surface area contributed by atoms with Crippen LogP contribution in [0.4, 0.5) is 5.69 Å². The normalized spacial score (nSPS) is 22.4. The topological polar surface area (TPSA) is 21.8 Å². The van der Waals surface area contributed by atoms with Crippen LogP contribution in [0.1, 0.15) is 32.6 Å². The molecule has 2 aliphatic rings. The molecule has 1 atom stereocenters. The second kappa shape index (κ2) is 9.88. The number of likely N-dealkylation sites (tertiary alicyclic amines) is 1. The predicted octanol–water partition coefficient (Wildman–Crippen LogP) is 3.92. The molecule has 6 heteroatoms. The fraction of sp³-hybridized carbons (Fsp3) is 0.650. The Morgan fingerprint density at radius 3 is 2.46 bits per heavy atom. The molecule has 2 fully saturated rings. The van der Waals surface area contributed by atoms with E-state index in [0.717, 1.165) is 22.4 Å². The minimum Gasteiger partial charge on any atom is -0.346 e. The van der Waals surface area contributed by atoms with Crippen LogP contribution < -0.4 is 5.32 Å². The van der Waals surface area contributed by atoms with E-state index in [1.807, 2.05) is 24.3 Å². The summed E-state index contributed by atoms with van der Waals surface area (Å²) in [4.78, 5) is 7.57. The fourth-order valence-corrected chi connectivity index (χ4v) is 4.44. The highest BCUT2D eigenvalue weighted by atomic mass is 35.5. The summed E-state index contributed by atoms with van der Waals surface area (Å²) in [7, 11) is 0. The molecule has 2 saturated heterocycles. The Kier molecular flexibility index (Phi) is 7.55. The number of benzene rings is 1. The van der Waals surface area contributed by atoms with E-state index in [2.05, 4.69) is 26.9 Å². The molecule has 26 heavy (non-hydrogen) atoms. The second-order valence-electron chi connectivity index (χ2n) is 7.34. The van der Waals surface area contributed by atoms with Crippen LogP contribution in [0.15, 0.2) is 24.3 Å². The first-order valence-corrected chi connectivity index (χ1v) is 10.7. The molecule has 4 nitrogen and oxygen atoms in total. The van der Waals surface area contributed by atoms with Gasteiger partial charge < -0.3 is 20.0 Å². The third-order valence-corrected chi connectivity index (χ3v) is 6.26. The fourth-order valence-electron chi connectivity index (χ4n) is 3.96. The third kappa shape index (κ3) is 5.56. The van der Waals surface area contributed by atoms with Crippen LogP contribution in [0, 0.1) is 0 Å². The molecule has 1 aromatic rings. The van der Waals surface area contributed by atoms with Crippen LogP contribution in [0.25, 0.3) is 0 Å². The van der Waals surface area contributed by atoms with Gasteiger partial charge >= 0.3 is 0 Å². The average Bonchev–Trinajstić information content (AvgIpc) is 2.68. The monoisotopic (exact) mass is 394 g/mol. The maximum Gasteiger partial charge on any atom is 0.173 e. The molecule has 144 valence electrons. The quantitative estimate of drug-likeness (QED) is 0.762. The van der Waals surface area contributed by atoms with E-state index < -0.39 is 0 Å². The first-order valence-electron chi connectivity index (χ1n) is 9.93. The number of piperidine rings is 1. The van der Waals surface area contributed by atoms with Crippen LogP contribution in [0.5, 0.6) is 0 Å². The van der Waals surface area contributed by atoms with Crippen LogP contribution in [-0.4, -0.2) is 71.7 Å². The highest BCUT2D eigenvalue weighted by molar-refractivity contribution is 7.80. The molecule has 3 rings (SSSR count). The molecule has 0 aliphatic carbocycles. The lowest BCUT2D eigenvalue weighted by atomic mass is 9.99. The number of anilines is 1.